The van der Waals surface area contributed by atoms with E-state index >= 15 is 0 Å². The van der Waals surface area contributed by atoms with Crippen LogP contribution in [-0.2, 0) is 14.3 Å². The number of fused-ring (bicyclic) bond motifs is 1. The molecule has 4 rings (SSSR count). The first-order valence-electron chi connectivity index (χ1n) is 16.6. The predicted molar refractivity (Wildman–Crippen MR) is 186 cm³/mol. The van der Waals surface area contributed by atoms with Gasteiger partial charge in [-0.05, 0) is 56.7 Å². The molecule has 11 nitrogen and oxygen atoms in total. The van der Waals surface area contributed by atoms with E-state index in [0.29, 0.717) is 29.1 Å². The summed E-state index contributed by atoms with van der Waals surface area (Å²) in [6.07, 6.45) is -0.930. The van der Waals surface area contributed by atoms with Crippen LogP contribution in [0.25, 0.3) is 0 Å². The largest absolute Gasteiger partial charge is 0.455 e. The number of nitrogens with zero attached hydrogens (tertiary/aromatic N) is 3. The van der Waals surface area contributed by atoms with E-state index in [1.54, 1.807) is 55.3 Å². The van der Waals surface area contributed by atoms with Crippen molar-refractivity contribution in [2.24, 2.45) is 5.92 Å². The van der Waals surface area contributed by atoms with Crippen molar-refractivity contribution < 1.29 is 33.4 Å². The van der Waals surface area contributed by atoms with Crippen LogP contribution in [0.4, 0.5) is 4.79 Å². The molecule has 3 atom stereocenters. The van der Waals surface area contributed by atoms with Gasteiger partial charge in [0.15, 0.2) is 6.10 Å². The lowest BCUT2D eigenvalue weighted by atomic mass is 9.96. The Morgan fingerprint density at radius 1 is 0.959 bits per heavy atom. The van der Waals surface area contributed by atoms with E-state index in [2.05, 4.69) is 10.3 Å². The molecule has 0 saturated heterocycles. The summed E-state index contributed by atoms with van der Waals surface area (Å²) in [5, 5.41) is 5.00. The second-order valence-corrected chi connectivity index (χ2v) is 14.5. The third-order valence-electron chi connectivity index (χ3n) is 8.19. The summed E-state index contributed by atoms with van der Waals surface area (Å²) in [5.74, 6) is -1.61. The summed E-state index contributed by atoms with van der Waals surface area (Å²) in [7, 11) is 0. The van der Waals surface area contributed by atoms with Gasteiger partial charge >= 0.3 is 12.1 Å². The molecule has 3 aromatic rings. The molecule has 262 valence electrons. The minimum atomic E-state index is -0.846. The normalized spacial score (nSPS) is 14.7. The maximum absolute atomic E-state index is 13.7. The van der Waals surface area contributed by atoms with E-state index in [-0.39, 0.29) is 54.8 Å². The van der Waals surface area contributed by atoms with Crippen molar-refractivity contribution in [3.05, 3.63) is 87.4 Å². The summed E-state index contributed by atoms with van der Waals surface area (Å²) in [6.45, 7) is 13.3. The fraction of sp³-hybridized carbons (Fsp3) is 0.459. The van der Waals surface area contributed by atoms with Gasteiger partial charge in [0.05, 0.1) is 11.1 Å². The zero-order valence-corrected chi connectivity index (χ0v) is 30.0. The second kappa shape index (κ2) is 16.2. The fourth-order valence-corrected chi connectivity index (χ4v) is 6.55. The number of esters is 1. The highest BCUT2D eigenvalue weighted by Gasteiger charge is 2.37. The van der Waals surface area contributed by atoms with Crippen LogP contribution >= 0.6 is 11.3 Å². The first kappa shape index (κ1) is 37.2. The summed E-state index contributed by atoms with van der Waals surface area (Å²) in [6, 6.07) is 16.1. The number of ether oxygens (including phenoxy) is 2. The Kier molecular flexibility index (Phi) is 12.3. The molecule has 1 N–H and O–H groups in total. The highest BCUT2D eigenvalue weighted by molar-refractivity contribution is 7.09. The quantitative estimate of drug-likeness (QED) is 0.147. The first-order valence-corrected chi connectivity index (χ1v) is 17.4. The van der Waals surface area contributed by atoms with Crippen molar-refractivity contribution >= 4 is 41.1 Å². The molecule has 2 heterocycles. The van der Waals surface area contributed by atoms with Crippen LogP contribution in [-0.4, -0.2) is 75.8 Å². The monoisotopic (exact) mass is 690 g/mol. The predicted octanol–water partition coefficient (Wildman–Crippen LogP) is 6.62. The van der Waals surface area contributed by atoms with Gasteiger partial charge in [0, 0.05) is 44.4 Å². The maximum Gasteiger partial charge on any atom is 0.410 e. The van der Waals surface area contributed by atoms with Crippen LogP contribution in [0.2, 0.25) is 0 Å². The highest BCUT2D eigenvalue weighted by atomic mass is 32.1. The van der Waals surface area contributed by atoms with Crippen molar-refractivity contribution in [3.63, 3.8) is 0 Å². The molecule has 0 fully saturated rings. The van der Waals surface area contributed by atoms with Crippen LogP contribution in [0.15, 0.2) is 60.0 Å². The molecule has 0 radical (unpaired) electrons. The van der Waals surface area contributed by atoms with Gasteiger partial charge < -0.3 is 19.7 Å². The first-order chi connectivity index (χ1) is 23.2. The molecule has 1 aromatic heterocycles. The molecule has 0 bridgehead atoms. The van der Waals surface area contributed by atoms with Gasteiger partial charge in [-0.1, -0.05) is 63.2 Å². The average molecular weight is 691 g/mol. The van der Waals surface area contributed by atoms with Gasteiger partial charge in [0.1, 0.15) is 16.3 Å². The lowest BCUT2D eigenvalue weighted by Crippen LogP contribution is -2.47. The fourth-order valence-electron chi connectivity index (χ4n) is 5.71. The second-order valence-electron chi connectivity index (χ2n) is 13.6. The van der Waals surface area contributed by atoms with E-state index in [9.17, 15) is 24.0 Å². The lowest BCUT2D eigenvalue weighted by molar-refractivity contribution is -0.148. The Morgan fingerprint density at radius 2 is 1.57 bits per heavy atom. The summed E-state index contributed by atoms with van der Waals surface area (Å²) in [4.78, 5) is 72.3. The van der Waals surface area contributed by atoms with Gasteiger partial charge in [0.2, 0.25) is 0 Å². The number of amides is 4. The third kappa shape index (κ3) is 9.75. The molecule has 2 aromatic carbocycles. The van der Waals surface area contributed by atoms with Gasteiger partial charge in [-0.2, -0.15) is 0 Å². The summed E-state index contributed by atoms with van der Waals surface area (Å²) >= 11 is 1.21. The van der Waals surface area contributed by atoms with Crippen molar-refractivity contribution in [2.45, 2.75) is 85.0 Å². The van der Waals surface area contributed by atoms with Crippen molar-refractivity contribution in [1.29, 1.82) is 0 Å². The smallest absolute Gasteiger partial charge is 0.410 e. The number of aromatic nitrogens is 1. The van der Waals surface area contributed by atoms with Gasteiger partial charge in [0.25, 0.3) is 17.7 Å². The molecule has 1 aliphatic heterocycles. The Bertz CT molecular complexity index is 1610. The molecule has 0 aliphatic carbocycles. The molecule has 1 aliphatic rings. The van der Waals surface area contributed by atoms with Crippen LogP contribution in [0.1, 0.15) is 115 Å². The Hall–Kier alpha value is -4.58. The molecular weight excluding hydrogens is 644 g/mol. The standard InChI is InChI=1S/C37H46N4O7S/c1-23(2)30(40(36(46)48-37(5,6)7)18-13-19-41-34(44)27-16-11-12-17-28(27)35(41)45)20-31(47-25(4)42)33-39-29(22-49-33)32(43)38-21-24(3)26-14-9-8-10-15-26/h8-12,14-17,22-24,30-31H,13,18-21H2,1-7H3,(H,38,43)/t24-,30-,31-/m1/s1. The molecule has 49 heavy (non-hydrogen) atoms. The van der Waals surface area contributed by atoms with Crippen LogP contribution in [0.3, 0.4) is 0 Å². The number of hydrogen-bond donors (Lipinski definition) is 1. The molecular formula is C37H46N4O7S. The lowest BCUT2D eigenvalue weighted by Gasteiger charge is -2.37. The molecule has 0 spiro atoms. The van der Waals surface area contributed by atoms with Crippen molar-refractivity contribution in [3.8, 4) is 0 Å². The number of thiazole rings is 1. The SMILES string of the molecule is CC(=O)O[C@H](C[C@H](C(C)C)N(CCCN1C(=O)c2ccccc2C1=O)C(=O)OC(C)(C)C)c1nc(C(=O)NC[C@@H](C)c2ccccc2)cs1. The zero-order chi connectivity index (χ0) is 35.9. The van der Waals surface area contributed by atoms with E-state index in [1.807, 2.05) is 51.1 Å². The van der Waals surface area contributed by atoms with E-state index in [0.717, 1.165) is 5.56 Å². The van der Waals surface area contributed by atoms with E-state index in [1.165, 1.54) is 23.2 Å². The van der Waals surface area contributed by atoms with E-state index in [4.69, 9.17) is 9.47 Å². The number of carbonyl (C=O) groups excluding carboxylic acids is 5. The Balaban J connectivity index is 1.50. The van der Waals surface area contributed by atoms with Crippen LogP contribution in [0.5, 0.6) is 0 Å². The zero-order valence-electron chi connectivity index (χ0n) is 29.2. The molecule has 4 amide bonds. The van der Waals surface area contributed by atoms with Crippen LogP contribution in [0, 0.1) is 5.92 Å². The minimum absolute atomic E-state index is 0.0970. The molecule has 0 unspecified atom stereocenters. The topological polar surface area (TPSA) is 135 Å². The van der Waals surface area contributed by atoms with Gasteiger partial charge in [-0.3, -0.25) is 24.1 Å². The molecule has 0 saturated carbocycles. The average Bonchev–Trinajstić information content (AvgIpc) is 3.63. The third-order valence-corrected chi connectivity index (χ3v) is 9.12. The molecule has 12 heteroatoms. The highest BCUT2D eigenvalue weighted by Crippen LogP contribution is 2.32. The minimum Gasteiger partial charge on any atom is -0.455 e. The maximum atomic E-state index is 13.7. The Morgan fingerprint density at radius 3 is 2.14 bits per heavy atom. The van der Waals surface area contributed by atoms with E-state index < -0.39 is 29.8 Å². The van der Waals surface area contributed by atoms with Gasteiger partial charge in [-0.15, -0.1) is 11.3 Å². The van der Waals surface area contributed by atoms with Crippen molar-refractivity contribution in [2.75, 3.05) is 19.6 Å². The van der Waals surface area contributed by atoms with Crippen molar-refractivity contribution in [1.82, 2.24) is 20.1 Å². The number of hydrogen-bond acceptors (Lipinski definition) is 9. The number of imide groups is 1. The summed E-state index contributed by atoms with van der Waals surface area (Å²) < 4.78 is 11.5. The number of carbonyl (C=O) groups is 5. The number of rotatable bonds is 14. The summed E-state index contributed by atoms with van der Waals surface area (Å²) in [5.41, 5.74) is 1.26. The van der Waals surface area contributed by atoms with Gasteiger partial charge in [-0.25, -0.2) is 9.78 Å². The number of nitrogens with one attached hydrogen (secondary N) is 1. The van der Waals surface area contributed by atoms with Crippen LogP contribution < -0.4 is 5.32 Å². The Labute approximate surface area is 292 Å². The number of benzene rings is 2.